The average molecular weight is 550 g/mol. The fourth-order valence-electron chi connectivity index (χ4n) is 4.60. The van der Waals surface area contributed by atoms with Gasteiger partial charge in [-0.05, 0) is 30.3 Å². The SMILES string of the molecule is CC1=C(C2=C(Br)CN(C)N2c2ccc(C#N)cc2)C[N+](C)([O-])C[N+]1([O-])c1cccc(C(F)(F)F)c1. The normalized spacial score (nSPS) is 25.9. The van der Waals surface area contributed by atoms with Crippen molar-refractivity contribution in [2.45, 2.75) is 13.1 Å². The summed E-state index contributed by atoms with van der Waals surface area (Å²) in [6, 6.07) is 13.2. The van der Waals surface area contributed by atoms with E-state index in [2.05, 4.69) is 22.0 Å². The number of hydroxylamine groups is 5. The molecule has 184 valence electrons. The number of quaternary nitrogens is 2. The number of nitriles is 1. The van der Waals surface area contributed by atoms with Crippen molar-refractivity contribution in [1.82, 2.24) is 9.66 Å². The number of hydrazine groups is 1. The molecule has 2 aromatic rings. The molecule has 0 spiro atoms. The van der Waals surface area contributed by atoms with E-state index in [0.29, 0.717) is 29.1 Å². The molecule has 2 aromatic carbocycles. The Morgan fingerprint density at radius 3 is 2.37 bits per heavy atom. The summed E-state index contributed by atoms with van der Waals surface area (Å²) < 4.78 is 38.6. The van der Waals surface area contributed by atoms with E-state index in [1.54, 1.807) is 31.2 Å². The smallest absolute Gasteiger partial charge is 0.416 e. The van der Waals surface area contributed by atoms with Gasteiger partial charge in [0.25, 0.3) is 0 Å². The molecule has 0 aromatic heterocycles. The third-order valence-corrected chi connectivity index (χ3v) is 6.89. The number of halogens is 4. The lowest BCUT2D eigenvalue weighted by atomic mass is 10.0. The molecule has 4 rings (SSSR count). The molecule has 0 radical (unpaired) electrons. The summed E-state index contributed by atoms with van der Waals surface area (Å²) in [4.78, 5) is 0. The molecule has 2 aliphatic heterocycles. The summed E-state index contributed by atoms with van der Waals surface area (Å²) in [5, 5.41) is 40.5. The van der Waals surface area contributed by atoms with Gasteiger partial charge < -0.3 is 15.1 Å². The Morgan fingerprint density at radius 1 is 1.11 bits per heavy atom. The van der Waals surface area contributed by atoms with Crippen LogP contribution in [0.5, 0.6) is 0 Å². The minimum absolute atomic E-state index is 0.0297. The topological polar surface area (TPSA) is 76.4 Å². The van der Waals surface area contributed by atoms with Crippen molar-refractivity contribution in [2.75, 3.05) is 38.9 Å². The zero-order valence-corrected chi connectivity index (χ0v) is 20.9. The Balaban J connectivity index is 1.88. The van der Waals surface area contributed by atoms with E-state index in [1.165, 1.54) is 19.2 Å². The summed E-state index contributed by atoms with van der Waals surface area (Å²) in [5.74, 6) is 0. The quantitative estimate of drug-likeness (QED) is 0.371. The van der Waals surface area contributed by atoms with E-state index in [1.807, 2.05) is 17.1 Å². The molecule has 0 bridgehead atoms. The molecule has 0 aliphatic carbocycles. The first-order valence-corrected chi connectivity index (χ1v) is 11.5. The van der Waals surface area contributed by atoms with Crippen LogP contribution in [-0.4, -0.2) is 43.5 Å². The molecule has 0 saturated carbocycles. The van der Waals surface area contributed by atoms with Crippen LogP contribution in [0.2, 0.25) is 0 Å². The Bertz CT molecular complexity index is 1270. The number of alkyl halides is 3. The van der Waals surface area contributed by atoms with Gasteiger partial charge in [-0.25, -0.2) is 5.01 Å². The maximum atomic E-state index is 14.2. The number of allylic oxidation sites excluding steroid dienone is 1. The Hall–Kier alpha value is -2.72. The van der Waals surface area contributed by atoms with Crippen molar-refractivity contribution < 1.29 is 17.8 Å². The lowest BCUT2D eigenvalue weighted by Crippen LogP contribution is -2.61. The van der Waals surface area contributed by atoms with Crippen LogP contribution in [0, 0.1) is 21.7 Å². The van der Waals surface area contributed by atoms with Gasteiger partial charge in [0.1, 0.15) is 17.9 Å². The molecule has 2 unspecified atom stereocenters. The van der Waals surface area contributed by atoms with Gasteiger partial charge in [0, 0.05) is 30.6 Å². The summed E-state index contributed by atoms with van der Waals surface area (Å²) in [6.07, 6.45) is -4.62. The van der Waals surface area contributed by atoms with Crippen LogP contribution in [0.25, 0.3) is 0 Å². The van der Waals surface area contributed by atoms with Crippen LogP contribution in [-0.2, 0) is 6.18 Å². The highest BCUT2D eigenvalue weighted by Gasteiger charge is 2.44. The first kappa shape index (κ1) is 25.4. The molecule has 0 N–H and O–H groups in total. The van der Waals surface area contributed by atoms with Gasteiger partial charge in [0.2, 0.25) is 6.67 Å². The average Bonchev–Trinajstić information content (AvgIpc) is 3.09. The number of likely N-dealkylation sites (N-methyl/N-ethyl adjacent to an activating group) is 2. The highest BCUT2D eigenvalue weighted by atomic mass is 79.9. The molecular formula is C24H23BrF3N5O2. The Kier molecular flexibility index (Phi) is 6.34. The minimum Gasteiger partial charge on any atom is -0.629 e. The van der Waals surface area contributed by atoms with E-state index in [0.717, 1.165) is 16.6 Å². The van der Waals surface area contributed by atoms with Crippen LogP contribution in [0.3, 0.4) is 0 Å². The van der Waals surface area contributed by atoms with Gasteiger partial charge in [-0.1, -0.05) is 22.0 Å². The van der Waals surface area contributed by atoms with Crippen molar-refractivity contribution in [3.05, 3.63) is 91.5 Å². The molecule has 0 saturated heterocycles. The lowest BCUT2D eigenvalue weighted by molar-refractivity contribution is -0.866. The van der Waals surface area contributed by atoms with Gasteiger partial charge in [0.05, 0.1) is 47.7 Å². The highest BCUT2D eigenvalue weighted by Crippen LogP contribution is 2.44. The summed E-state index contributed by atoms with van der Waals surface area (Å²) in [5.41, 5.74) is 1.41. The molecular weight excluding hydrogens is 527 g/mol. The van der Waals surface area contributed by atoms with E-state index in [-0.39, 0.29) is 17.9 Å². The third-order valence-electron chi connectivity index (χ3n) is 6.26. The van der Waals surface area contributed by atoms with E-state index >= 15 is 0 Å². The van der Waals surface area contributed by atoms with Gasteiger partial charge >= 0.3 is 6.18 Å². The van der Waals surface area contributed by atoms with Crippen molar-refractivity contribution in [3.63, 3.8) is 0 Å². The standard InChI is InChI=1S/C24H23BrF3N5O2/c1-16-21(23-22(25)13-30(2)31(23)19-9-7-17(12-29)8-10-19)14-32(3,34)15-33(16,35)20-6-4-5-18(11-20)24(26,27)28/h4-11H,13-15H2,1-3H3. The molecule has 11 heteroatoms. The van der Waals surface area contributed by atoms with Gasteiger partial charge in [-0.15, -0.1) is 0 Å². The second-order valence-corrected chi connectivity index (χ2v) is 9.95. The second-order valence-electron chi connectivity index (χ2n) is 8.99. The lowest BCUT2D eigenvalue weighted by Gasteiger charge is -2.54. The molecule has 0 amide bonds. The van der Waals surface area contributed by atoms with Crippen LogP contribution >= 0.6 is 15.9 Å². The van der Waals surface area contributed by atoms with Gasteiger partial charge in [-0.3, -0.25) is 9.66 Å². The zero-order chi connectivity index (χ0) is 25.8. The fourth-order valence-corrected chi connectivity index (χ4v) is 5.37. The molecule has 2 aliphatic rings. The van der Waals surface area contributed by atoms with E-state index < -0.39 is 27.7 Å². The number of nitrogens with zero attached hydrogens (tertiary/aromatic N) is 5. The predicted molar refractivity (Wildman–Crippen MR) is 131 cm³/mol. The number of rotatable bonds is 3. The molecule has 2 atom stereocenters. The van der Waals surface area contributed by atoms with Crippen molar-refractivity contribution in [2.24, 2.45) is 0 Å². The van der Waals surface area contributed by atoms with Crippen LogP contribution in [0.1, 0.15) is 18.1 Å². The molecule has 7 nitrogen and oxygen atoms in total. The van der Waals surface area contributed by atoms with Crippen LogP contribution in [0.4, 0.5) is 24.5 Å². The maximum Gasteiger partial charge on any atom is 0.416 e. The number of benzene rings is 2. The Labute approximate surface area is 209 Å². The number of hydrogen-bond donors (Lipinski definition) is 0. The monoisotopic (exact) mass is 549 g/mol. The summed E-state index contributed by atoms with van der Waals surface area (Å²) >= 11 is 3.59. The second kappa shape index (κ2) is 8.74. The summed E-state index contributed by atoms with van der Waals surface area (Å²) in [7, 11) is 3.19. The first-order chi connectivity index (χ1) is 16.3. The first-order valence-electron chi connectivity index (χ1n) is 10.7. The van der Waals surface area contributed by atoms with Gasteiger partial charge in [0.15, 0.2) is 0 Å². The van der Waals surface area contributed by atoms with Crippen LogP contribution < -0.4 is 9.66 Å². The van der Waals surface area contributed by atoms with Crippen LogP contribution in [0.15, 0.2) is 70.0 Å². The van der Waals surface area contributed by atoms with E-state index in [9.17, 15) is 23.6 Å². The van der Waals surface area contributed by atoms with Gasteiger partial charge in [-0.2, -0.15) is 18.4 Å². The van der Waals surface area contributed by atoms with Crippen molar-refractivity contribution in [1.29, 1.82) is 5.26 Å². The zero-order valence-electron chi connectivity index (χ0n) is 19.3. The Morgan fingerprint density at radius 2 is 1.77 bits per heavy atom. The predicted octanol–water partition coefficient (Wildman–Crippen LogP) is 5.55. The van der Waals surface area contributed by atoms with Crippen molar-refractivity contribution >= 4 is 27.3 Å². The molecule has 35 heavy (non-hydrogen) atoms. The molecule has 2 heterocycles. The number of hydrogen-bond acceptors (Lipinski definition) is 5. The summed E-state index contributed by atoms with van der Waals surface area (Å²) in [6.45, 7) is 1.51. The third kappa shape index (κ3) is 4.61. The molecule has 0 fully saturated rings. The largest absolute Gasteiger partial charge is 0.629 e. The highest BCUT2D eigenvalue weighted by molar-refractivity contribution is 9.11. The maximum absolute atomic E-state index is 14.2. The minimum atomic E-state index is -4.62. The fraction of sp³-hybridized carbons (Fsp3) is 0.292. The van der Waals surface area contributed by atoms with E-state index in [4.69, 9.17) is 5.26 Å². The van der Waals surface area contributed by atoms with Crippen molar-refractivity contribution in [3.8, 4) is 6.07 Å². The number of anilines is 1.